The van der Waals surface area contributed by atoms with Crippen LogP contribution >= 0.6 is 0 Å². The van der Waals surface area contributed by atoms with Crippen LogP contribution < -0.4 is 5.56 Å². The maximum absolute atomic E-state index is 12.5. The van der Waals surface area contributed by atoms with Gasteiger partial charge in [-0.2, -0.15) is 10.4 Å². The van der Waals surface area contributed by atoms with Gasteiger partial charge >= 0.3 is 0 Å². The average molecular weight is 322 g/mol. The molecule has 0 unspecified atom stereocenters. The summed E-state index contributed by atoms with van der Waals surface area (Å²) >= 11 is 0. The van der Waals surface area contributed by atoms with E-state index in [4.69, 9.17) is 0 Å². The first-order chi connectivity index (χ1) is 11.4. The Kier molecular flexibility index (Phi) is 4.95. The molecule has 2 aromatic rings. The fourth-order valence-electron chi connectivity index (χ4n) is 2.25. The monoisotopic (exact) mass is 322 g/mol. The van der Waals surface area contributed by atoms with Gasteiger partial charge in [0.1, 0.15) is 11.6 Å². The number of aromatic hydroxyl groups is 1. The highest BCUT2D eigenvalue weighted by atomic mass is 16.3. The van der Waals surface area contributed by atoms with Crippen LogP contribution in [0.15, 0.2) is 45.9 Å². The molecule has 6 heteroatoms. The zero-order valence-electron chi connectivity index (χ0n) is 13.9. The van der Waals surface area contributed by atoms with Crippen LogP contribution in [0, 0.1) is 32.1 Å². The molecule has 0 radical (unpaired) electrons. The van der Waals surface area contributed by atoms with Gasteiger partial charge < -0.3 is 5.11 Å². The van der Waals surface area contributed by atoms with Gasteiger partial charge in [-0.15, -0.1) is 11.7 Å². The van der Waals surface area contributed by atoms with Crippen LogP contribution in [-0.2, 0) is 6.54 Å². The van der Waals surface area contributed by atoms with Gasteiger partial charge in [0.2, 0.25) is 5.88 Å². The second-order valence-electron chi connectivity index (χ2n) is 5.46. The van der Waals surface area contributed by atoms with Crippen molar-refractivity contribution in [1.29, 1.82) is 5.26 Å². The highest BCUT2D eigenvalue weighted by Crippen LogP contribution is 2.27. The van der Waals surface area contributed by atoms with Crippen LogP contribution in [0.3, 0.4) is 0 Å². The number of nitriles is 1. The van der Waals surface area contributed by atoms with E-state index in [1.807, 2.05) is 32.0 Å². The Morgan fingerprint density at radius 2 is 2.00 bits per heavy atom. The molecule has 2 rings (SSSR count). The fourth-order valence-corrected chi connectivity index (χ4v) is 2.25. The minimum Gasteiger partial charge on any atom is -0.493 e. The van der Waals surface area contributed by atoms with Crippen molar-refractivity contribution in [1.82, 2.24) is 4.57 Å². The molecule has 1 N–H and O–H groups in total. The van der Waals surface area contributed by atoms with Crippen molar-refractivity contribution in [3.05, 3.63) is 63.5 Å². The molecule has 1 aromatic carbocycles. The van der Waals surface area contributed by atoms with E-state index in [2.05, 4.69) is 16.8 Å². The molecule has 0 saturated carbocycles. The Morgan fingerprint density at radius 1 is 1.29 bits per heavy atom. The summed E-state index contributed by atoms with van der Waals surface area (Å²) in [7, 11) is 0. The van der Waals surface area contributed by atoms with Crippen LogP contribution in [-0.4, -0.2) is 9.67 Å². The maximum Gasteiger partial charge on any atom is 0.281 e. The van der Waals surface area contributed by atoms with Crippen LogP contribution in [0.2, 0.25) is 0 Å². The summed E-state index contributed by atoms with van der Waals surface area (Å²) in [6.45, 7) is 9.14. The second-order valence-corrected chi connectivity index (χ2v) is 5.46. The van der Waals surface area contributed by atoms with Crippen molar-refractivity contribution in [3.63, 3.8) is 0 Å². The number of aryl methyl sites for hydroxylation is 2. The molecule has 0 amide bonds. The van der Waals surface area contributed by atoms with Crippen LogP contribution in [0.4, 0.5) is 11.4 Å². The number of rotatable bonds is 4. The van der Waals surface area contributed by atoms with Gasteiger partial charge in [0.15, 0.2) is 5.69 Å². The largest absolute Gasteiger partial charge is 0.493 e. The van der Waals surface area contributed by atoms with E-state index in [1.165, 1.54) is 6.08 Å². The van der Waals surface area contributed by atoms with E-state index < -0.39 is 5.56 Å². The van der Waals surface area contributed by atoms with E-state index >= 15 is 0 Å². The average Bonchev–Trinajstić information content (AvgIpc) is 2.55. The molecular formula is C18H18N4O2. The van der Waals surface area contributed by atoms with E-state index in [0.717, 1.165) is 15.7 Å². The maximum atomic E-state index is 12.5. The molecule has 0 aliphatic rings. The van der Waals surface area contributed by atoms with Gasteiger partial charge in [-0.05, 0) is 44.0 Å². The molecular weight excluding hydrogens is 304 g/mol. The summed E-state index contributed by atoms with van der Waals surface area (Å²) < 4.78 is 1.05. The standard InChI is InChI=1S/C18H18N4O2/c1-5-8-22-17(23)15(10-19)13(4)16(18(22)24)21-20-14-7-6-11(2)12(3)9-14/h5-7,9,23H,1,8H2,2-4H3. The minimum absolute atomic E-state index is 0.00508. The first-order valence-corrected chi connectivity index (χ1v) is 7.37. The fraction of sp³-hybridized carbons (Fsp3) is 0.222. The van der Waals surface area contributed by atoms with E-state index in [-0.39, 0.29) is 23.7 Å². The lowest BCUT2D eigenvalue weighted by molar-refractivity contribution is 0.414. The number of azo groups is 1. The molecule has 24 heavy (non-hydrogen) atoms. The van der Waals surface area contributed by atoms with Gasteiger partial charge in [-0.3, -0.25) is 9.36 Å². The molecule has 0 bridgehead atoms. The van der Waals surface area contributed by atoms with Gasteiger partial charge in [0.05, 0.1) is 5.69 Å². The van der Waals surface area contributed by atoms with E-state index in [9.17, 15) is 15.2 Å². The van der Waals surface area contributed by atoms with Gasteiger partial charge in [0.25, 0.3) is 5.56 Å². The molecule has 0 aliphatic heterocycles. The summed E-state index contributed by atoms with van der Waals surface area (Å²) in [5, 5.41) is 27.4. The Hall–Kier alpha value is -3.20. The SMILES string of the molecule is C=CCn1c(O)c(C#N)c(C)c(N=Nc2ccc(C)c(C)c2)c1=O. The lowest BCUT2D eigenvalue weighted by Gasteiger charge is -2.11. The first-order valence-electron chi connectivity index (χ1n) is 7.37. The highest BCUT2D eigenvalue weighted by Gasteiger charge is 2.18. The second kappa shape index (κ2) is 6.92. The minimum atomic E-state index is -0.517. The molecule has 122 valence electrons. The van der Waals surface area contributed by atoms with Crippen LogP contribution in [0.5, 0.6) is 5.88 Å². The van der Waals surface area contributed by atoms with Gasteiger partial charge in [-0.1, -0.05) is 12.1 Å². The third-order valence-electron chi connectivity index (χ3n) is 3.84. The number of pyridine rings is 1. The summed E-state index contributed by atoms with van der Waals surface area (Å²) in [5.41, 5.74) is 2.63. The van der Waals surface area contributed by atoms with Crippen molar-refractivity contribution in [2.75, 3.05) is 0 Å². The smallest absolute Gasteiger partial charge is 0.281 e. The van der Waals surface area contributed by atoms with E-state index in [1.54, 1.807) is 13.0 Å². The molecule has 1 aromatic heterocycles. The Labute approximate surface area is 140 Å². The molecule has 0 fully saturated rings. The van der Waals surface area contributed by atoms with E-state index in [0.29, 0.717) is 11.3 Å². The number of aromatic nitrogens is 1. The lowest BCUT2D eigenvalue weighted by Crippen LogP contribution is -2.21. The zero-order chi connectivity index (χ0) is 17.9. The number of nitrogens with zero attached hydrogens (tertiary/aromatic N) is 4. The predicted molar refractivity (Wildman–Crippen MR) is 92.1 cm³/mol. The number of benzene rings is 1. The molecule has 1 heterocycles. The number of allylic oxidation sites excluding steroid dienone is 1. The Bertz CT molecular complexity index is 934. The normalized spacial score (nSPS) is 10.8. The quantitative estimate of drug-likeness (QED) is 0.682. The third kappa shape index (κ3) is 3.10. The molecule has 0 aliphatic carbocycles. The van der Waals surface area contributed by atoms with Crippen molar-refractivity contribution in [2.45, 2.75) is 27.3 Å². The van der Waals surface area contributed by atoms with Crippen molar-refractivity contribution in [2.24, 2.45) is 10.2 Å². The molecule has 0 atom stereocenters. The van der Waals surface area contributed by atoms with Crippen LogP contribution in [0.1, 0.15) is 22.3 Å². The summed E-state index contributed by atoms with van der Waals surface area (Å²) in [6, 6.07) is 7.48. The zero-order valence-corrected chi connectivity index (χ0v) is 13.9. The first kappa shape index (κ1) is 17.2. The van der Waals surface area contributed by atoms with Crippen molar-refractivity contribution < 1.29 is 5.11 Å². The van der Waals surface area contributed by atoms with Gasteiger partial charge in [-0.25, -0.2) is 0 Å². The summed E-state index contributed by atoms with van der Waals surface area (Å²) in [4.78, 5) is 12.5. The molecule has 6 nitrogen and oxygen atoms in total. The molecule has 0 saturated heterocycles. The topological polar surface area (TPSA) is 90.7 Å². The summed E-state index contributed by atoms with van der Waals surface area (Å²) in [6.07, 6.45) is 1.46. The lowest BCUT2D eigenvalue weighted by atomic mass is 10.1. The predicted octanol–water partition coefficient (Wildman–Crippen LogP) is 3.95. The van der Waals surface area contributed by atoms with Crippen molar-refractivity contribution in [3.8, 4) is 11.9 Å². The number of hydrogen-bond donors (Lipinski definition) is 1. The third-order valence-corrected chi connectivity index (χ3v) is 3.84. The van der Waals surface area contributed by atoms with Crippen molar-refractivity contribution >= 4 is 11.4 Å². The Balaban J connectivity index is 2.61. The van der Waals surface area contributed by atoms with Gasteiger partial charge in [0, 0.05) is 12.1 Å². The Morgan fingerprint density at radius 3 is 2.58 bits per heavy atom. The van der Waals surface area contributed by atoms with Crippen LogP contribution in [0.25, 0.3) is 0 Å². The summed E-state index contributed by atoms with van der Waals surface area (Å²) in [5.74, 6) is -0.384. The highest BCUT2D eigenvalue weighted by molar-refractivity contribution is 5.57. The number of hydrogen-bond acceptors (Lipinski definition) is 5. The molecule has 0 spiro atoms.